The molecule has 5 heteroatoms. The average Bonchev–Trinajstić information content (AvgIpc) is 3.14. The fraction of sp³-hybridized carbons (Fsp3) is 0.696. The van der Waals surface area contributed by atoms with Gasteiger partial charge in [0.05, 0.1) is 0 Å². The Morgan fingerprint density at radius 3 is 2.43 bits per heavy atom. The van der Waals surface area contributed by atoms with Crippen LogP contribution in [0.25, 0.3) is 0 Å². The number of aryl methyl sites for hydroxylation is 1. The zero-order valence-corrected chi connectivity index (χ0v) is 18.0. The normalized spacial score (nSPS) is 19.1. The van der Waals surface area contributed by atoms with Crippen LogP contribution in [-0.4, -0.2) is 60.8 Å². The van der Waals surface area contributed by atoms with Gasteiger partial charge in [0.2, 0.25) is 0 Å². The van der Waals surface area contributed by atoms with Gasteiger partial charge in [0.15, 0.2) is 0 Å². The molecule has 0 N–H and O–H groups in total. The van der Waals surface area contributed by atoms with Gasteiger partial charge in [0.1, 0.15) is 18.0 Å². The summed E-state index contributed by atoms with van der Waals surface area (Å²) in [4.78, 5) is 16.6. The van der Waals surface area contributed by atoms with E-state index >= 15 is 0 Å². The largest absolute Gasteiger partial charge is 0.492 e. The number of rotatable bonds is 5. The molecular formula is C23H36N2O3. The monoisotopic (exact) mass is 388 g/mol. The molecule has 156 valence electrons. The van der Waals surface area contributed by atoms with Crippen molar-refractivity contribution < 1.29 is 14.3 Å². The second kappa shape index (κ2) is 9.17. The van der Waals surface area contributed by atoms with E-state index in [-0.39, 0.29) is 6.09 Å². The van der Waals surface area contributed by atoms with E-state index in [2.05, 4.69) is 30.0 Å². The summed E-state index contributed by atoms with van der Waals surface area (Å²) in [7, 11) is 0. The van der Waals surface area contributed by atoms with Gasteiger partial charge in [-0.05, 0) is 89.6 Å². The van der Waals surface area contributed by atoms with E-state index in [1.807, 2.05) is 25.7 Å². The molecule has 0 bridgehead atoms. The van der Waals surface area contributed by atoms with Crippen molar-refractivity contribution in [2.24, 2.45) is 0 Å². The van der Waals surface area contributed by atoms with Crippen molar-refractivity contribution >= 4 is 6.09 Å². The summed E-state index contributed by atoms with van der Waals surface area (Å²) in [6.07, 6.45) is 4.32. The second-order valence-corrected chi connectivity index (χ2v) is 9.18. The van der Waals surface area contributed by atoms with Crippen molar-refractivity contribution in [2.75, 3.05) is 39.3 Å². The molecule has 0 aromatic heterocycles. The summed E-state index contributed by atoms with van der Waals surface area (Å²) in [5, 5.41) is 0. The molecule has 0 aliphatic carbocycles. The minimum atomic E-state index is -0.443. The molecule has 5 nitrogen and oxygen atoms in total. The first kappa shape index (κ1) is 21.0. The highest BCUT2D eigenvalue weighted by molar-refractivity contribution is 5.68. The standard InChI is InChI=1S/C23H36N2O3/c1-18-7-8-20(21(17-18)27-16-15-24-11-5-6-12-24)19-9-13-25(14-10-19)22(26)28-23(2,3)4/h7-8,17,19H,5-6,9-16H2,1-4H3. The van der Waals surface area contributed by atoms with Crippen molar-refractivity contribution in [3.05, 3.63) is 29.3 Å². The minimum absolute atomic E-state index is 0.197. The van der Waals surface area contributed by atoms with Crippen LogP contribution in [0.5, 0.6) is 5.75 Å². The number of likely N-dealkylation sites (tertiary alicyclic amines) is 2. The first-order valence-electron chi connectivity index (χ1n) is 10.8. The van der Waals surface area contributed by atoms with Gasteiger partial charge >= 0.3 is 6.09 Å². The maximum absolute atomic E-state index is 12.3. The predicted octanol–water partition coefficient (Wildman–Crippen LogP) is 4.58. The fourth-order valence-electron chi connectivity index (χ4n) is 4.09. The highest BCUT2D eigenvalue weighted by atomic mass is 16.6. The minimum Gasteiger partial charge on any atom is -0.492 e. The van der Waals surface area contributed by atoms with E-state index in [1.165, 1.54) is 37.1 Å². The Morgan fingerprint density at radius 1 is 1.11 bits per heavy atom. The van der Waals surface area contributed by atoms with Crippen LogP contribution in [0.3, 0.4) is 0 Å². The first-order chi connectivity index (χ1) is 13.3. The van der Waals surface area contributed by atoms with Crippen LogP contribution in [-0.2, 0) is 4.74 Å². The highest BCUT2D eigenvalue weighted by Crippen LogP contribution is 2.35. The molecule has 2 heterocycles. The molecule has 2 saturated heterocycles. The Labute approximate surface area is 170 Å². The van der Waals surface area contributed by atoms with Gasteiger partial charge < -0.3 is 14.4 Å². The van der Waals surface area contributed by atoms with Crippen LogP contribution in [0.4, 0.5) is 4.79 Å². The predicted molar refractivity (Wildman–Crippen MR) is 112 cm³/mol. The van der Waals surface area contributed by atoms with Gasteiger partial charge in [0.25, 0.3) is 0 Å². The number of benzene rings is 1. The molecule has 1 amide bonds. The summed E-state index contributed by atoms with van der Waals surface area (Å²) in [6.45, 7) is 13.5. The molecule has 2 aliphatic heterocycles. The summed E-state index contributed by atoms with van der Waals surface area (Å²) in [5.74, 6) is 1.45. The fourth-order valence-corrected chi connectivity index (χ4v) is 4.09. The van der Waals surface area contributed by atoms with E-state index in [0.29, 0.717) is 5.92 Å². The van der Waals surface area contributed by atoms with Crippen LogP contribution in [0.15, 0.2) is 18.2 Å². The van der Waals surface area contributed by atoms with E-state index in [0.717, 1.165) is 44.8 Å². The molecular weight excluding hydrogens is 352 g/mol. The molecule has 1 aromatic carbocycles. The molecule has 28 heavy (non-hydrogen) atoms. The van der Waals surface area contributed by atoms with Crippen molar-refractivity contribution in [1.82, 2.24) is 9.80 Å². The number of carbonyl (C=O) groups is 1. The van der Waals surface area contributed by atoms with Crippen LogP contribution in [0.2, 0.25) is 0 Å². The topological polar surface area (TPSA) is 42.0 Å². The number of carbonyl (C=O) groups excluding carboxylic acids is 1. The van der Waals surface area contributed by atoms with E-state index < -0.39 is 5.60 Å². The van der Waals surface area contributed by atoms with E-state index in [4.69, 9.17) is 9.47 Å². The molecule has 2 aliphatic rings. The van der Waals surface area contributed by atoms with Gasteiger partial charge in [-0.15, -0.1) is 0 Å². The molecule has 0 radical (unpaired) electrons. The summed E-state index contributed by atoms with van der Waals surface area (Å²) < 4.78 is 11.7. The molecule has 3 rings (SSSR count). The van der Waals surface area contributed by atoms with Crippen molar-refractivity contribution in [1.29, 1.82) is 0 Å². The smallest absolute Gasteiger partial charge is 0.410 e. The summed E-state index contributed by atoms with van der Waals surface area (Å²) in [5.41, 5.74) is 2.07. The molecule has 0 unspecified atom stereocenters. The number of nitrogens with zero attached hydrogens (tertiary/aromatic N) is 2. The lowest BCUT2D eigenvalue weighted by atomic mass is 9.88. The lowest BCUT2D eigenvalue weighted by Gasteiger charge is -2.34. The Hall–Kier alpha value is -1.75. The lowest BCUT2D eigenvalue weighted by molar-refractivity contribution is 0.0204. The van der Waals surface area contributed by atoms with Crippen molar-refractivity contribution in [2.45, 2.75) is 64.9 Å². The third-order valence-corrected chi connectivity index (χ3v) is 5.62. The van der Waals surface area contributed by atoms with Crippen molar-refractivity contribution in [3.63, 3.8) is 0 Å². The molecule has 1 aromatic rings. The third-order valence-electron chi connectivity index (χ3n) is 5.62. The average molecular weight is 389 g/mol. The number of hydrogen-bond acceptors (Lipinski definition) is 4. The van der Waals surface area contributed by atoms with Crippen molar-refractivity contribution in [3.8, 4) is 5.75 Å². The lowest BCUT2D eigenvalue weighted by Crippen LogP contribution is -2.41. The van der Waals surface area contributed by atoms with Crippen LogP contribution < -0.4 is 4.74 Å². The van der Waals surface area contributed by atoms with E-state index in [9.17, 15) is 4.79 Å². The Kier molecular flexibility index (Phi) is 6.86. The van der Waals surface area contributed by atoms with Gasteiger partial charge in [-0.2, -0.15) is 0 Å². The van der Waals surface area contributed by atoms with Gasteiger partial charge in [-0.3, -0.25) is 4.90 Å². The maximum Gasteiger partial charge on any atom is 0.410 e. The Morgan fingerprint density at radius 2 is 1.79 bits per heavy atom. The molecule has 0 spiro atoms. The molecule has 2 fully saturated rings. The Bertz CT molecular complexity index is 654. The Balaban J connectivity index is 1.57. The maximum atomic E-state index is 12.3. The summed E-state index contributed by atoms with van der Waals surface area (Å²) in [6, 6.07) is 6.55. The second-order valence-electron chi connectivity index (χ2n) is 9.18. The van der Waals surface area contributed by atoms with Crippen LogP contribution in [0, 0.1) is 6.92 Å². The SMILES string of the molecule is Cc1ccc(C2CCN(C(=O)OC(C)(C)C)CC2)c(OCCN2CCCC2)c1. The zero-order valence-electron chi connectivity index (χ0n) is 18.0. The van der Waals surface area contributed by atoms with Crippen LogP contribution >= 0.6 is 0 Å². The number of amides is 1. The number of hydrogen-bond donors (Lipinski definition) is 0. The van der Waals surface area contributed by atoms with E-state index in [1.54, 1.807) is 0 Å². The van der Waals surface area contributed by atoms with Crippen LogP contribution in [0.1, 0.15) is 63.5 Å². The first-order valence-corrected chi connectivity index (χ1v) is 10.8. The summed E-state index contributed by atoms with van der Waals surface area (Å²) >= 11 is 0. The third kappa shape index (κ3) is 5.87. The number of ether oxygens (including phenoxy) is 2. The molecule has 0 atom stereocenters. The highest BCUT2D eigenvalue weighted by Gasteiger charge is 2.28. The molecule has 0 saturated carbocycles. The van der Waals surface area contributed by atoms with Gasteiger partial charge in [0, 0.05) is 19.6 Å². The quantitative estimate of drug-likeness (QED) is 0.740. The van der Waals surface area contributed by atoms with Gasteiger partial charge in [-0.25, -0.2) is 4.79 Å². The number of piperidine rings is 1. The van der Waals surface area contributed by atoms with Gasteiger partial charge in [-0.1, -0.05) is 12.1 Å². The zero-order chi connectivity index (χ0) is 20.1.